The molecule has 1 unspecified atom stereocenters. The van der Waals surface area contributed by atoms with E-state index in [9.17, 15) is 0 Å². The summed E-state index contributed by atoms with van der Waals surface area (Å²) in [5.74, 6) is 0. The van der Waals surface area contributed by atoms with Gasteiger partial charge in [0, 0.05) is 16.8 Å². The third kappa shape index (κ3) is 4.27. The van der Waals surface area contributed by atoms with Crippen LogP contribution in [0.4, 0.5) is 17.1 Å². The molecule has 0 heterocycles. The second-order valence-electron chi connectivity index (χ2n) is 15.2. The first-order valence-corrected chi connectivity index (χ1v) is 19.0. The van der Waals surface area contributed by atoms with Gasteiger partial charge in [-0.3, -0.25) is 0 Å². The van der Waals surface area contributed by atoms with Gasteiger partial charge >= 0.3 is 0 Å². The highest BCUT2D eigenvalue weighted by molar-refractivity contribution is 6.08. The van der Waals surface area contributed by atoms with Crippen LogP contribution in [0.3, 0.4) is 0 Å². The van der Waals surface area contributed by atoms with Crippen LogP contribution in [0.5, 0.6) is 0 Å². The van der Waals surface area contributed by atoms with Gasteiger partial charge in [0.05, 0.1) is 11.1 Å². The Morgan fingerprint density at radius 1 is 0.519 bits per heavy atom. The molecule has 0 N–H and O–H groups in total. The van der Waals surface area contributed by atoms with E-state index in [1.165, 1.54) is 83.6 Å². The van der Waals surface area contributed by atoms with Gasteiger partial charge in [0.15, 0.2) is 0 Å². The first kappa shape index (κ1) is 32.2. The Morgan fingerprint density at radius 3 is 1.69 bits per heavy atom. The lowest BCUT2D eigenvalue weighted by Gasteiger charge is -2.36. The molecule has 0 amide bonds. The first-order valence-electron chi connectivity index (χ1n) is 19.0. The predicted molar refractivity (Wildman–Crippen MR) is 228 cm³/mol. The number of nitrogens with zero attached hydrogens (tertiary/aromatic N) is 1. The highest BCUT2D eigenvalue weighted by Gasteiger charge is 2.55. The van der Waals surface area contributed by atoms with Gasteiger partial charge in [0.2, 0.25) is 0 Å². The lowest BCUT2D eigenvalue weighted by molar-refractivity contribution is 0.660. The molecule has 3 aliphatic rings. The van der Waals surface area contributed by atoms with Gasteiger partial charge in [-0.05, 0) is 115 Å². The van der Waals surface area contributed by atoms with Crippen molar-refractivity contribution in [1.82, 2.24) is 0 Å². The molecule has 0 radical (unpaired) electrons. The third-order valence-electron chi connectivity index (χ3n) is 12.2. The maximum atomic E-state index is 4.27. The molecule has 3 aliphatic carbocycles. The largest absolute Gasteiger partial charge is 0.310 e. The van der Waals surface area contributed by atoms with E-state index in [4.69, 9.17) is 0 Å². The van der Waals surface area contributed by atoms with Crippen molar-refractivity contribution < 1.29 is 0 Å². The molecule has 1 nitrogen and oxygen atoms in total. The molecule has 1 spiro atoms. The smallest absolute Gasteiger partial charge is 0.0726 e. The molecule has 0 aromatic heterocycles. The van der Waals surface area contributed by atoms with Gasteiger partial charge in [-0.25, -0.2) is 0 Å². The quantitative estimate of drug-likeness (QED) is 0.174. The molecule has 7 aromatic rings. The minimum atomic E-state index is -0.524. The van der Waals surface area contributed by atoms with E-state index in [1.54, 1.807) is 0 Å². The van der Waals surface area contributed by atoms with Crippen LogP contribution in [-0.2, 0) is 10.8 Å². The third-order valence-corrected chi connectivity index (χ3v) is 12.2. The predicted octanol–water partition coefficient (Wildman–Crippen LogP) is 14.0. The van der Waals surface area contributed by atoms with Crippen molar-refractivity contribution in [1.29, 1.82) is 0 Å². The van der Waals surface area contributed by atoms with Gasteiger partial charge in [0.25, 0.3) is 0 Å². The summed E-state index contributed by atoms with van der Waals surface area (Å²) in [4.78, 5) is 2.51. The first-order chi connectivity index (χ1) is 26.5. The monoisotopic (exact) mass is 691 g/mol. The Hall–Kier alpha value is -6.44. The number of benzene rings is 7. The molecule has 7 aromatic carbocycles. The van der Waals surface area contributed by atoms with Gasteiger partial charge < -0.3 is 4.90 Å². The van der Waals surface area contributed by atoms with Crippen LogP contribution in [0.15, 0.2) is 194 Å². The zero-order valence-electron chi connectivity index (χ0n) is 31.0. The fraction of sp³-hybridized carbons (Fsp3) is 0.0943. The number of para-hydroxylation sites is 1. The molecule has 0 fully saturated rings. The van der Waals surface area contributed by atoms with Crippen LogP contribution in [0.2, 0.25) is 0 Å². The van der Waals surface area contributed by atoms with Crippen LogP contribution in [0.25, 0.3) is 39.0 Å². The Bertz CT molecular complexity index is 2690. The van der Waals surface area contributed by atoms with E-state index in [0.717, 1.165) is 11.4 Å². The van der Waals surface area contributed by atoms with Crippen molar-refractivity contribution in [2.45, 2.75) is 31.6 Å². The van der Waals surface area contributed by atoms with Crippen molar-refractivity contribution in [3.8, 4) is 33.4 Å². The van der Waals surface area contributed by atoms with Crippen LogP contribution < -0.4 is 4.90 Å². The number of hydrogen-bond acceptors (Lipinski definition) is 1. The van der Waals surface area contributed by atoms with Crippen molar-refractivity contribution in [3.05, 3.63) is 228 Å². The van der Waals surface area contributed by atoms with E-state index in [0.29, 0.717) is 0 Å². The highest BCUT2D eigenvalue weighted by Crippen LogP contribution is 2.68. The molecular formula is C53H41N. The minimum absolute atomic E-state index is 0.264. The molecule has 0 saturated carbocycles. The summed E-state index contributed by atoms with van der Waals surface area (Å²) in [7, 11) is 0. The zero-order valence-corrected chi connectivity index (χ0v) is 31.0. The van der Waals surface area contributed by atoms with Gasteiger partial charge in [0.1, 0.15) is 0 Å². The van der Waals surface area contributed by atoms with Gasteiger partial charge in [-0.1, -0.05) is 172 Å². The molecule has 1 atom stereocenters. The molecule has 10 rings (SSSR count). The summed E-state index contributed by atoms with van der Waals surface area (Å²) in [5.41, 5.74) is 21.0. The molecule has 54 heavy (non-hydrogen) atoms. The van der Waals surface area contributed by atoms with Crippen molar-refractivity contribution >= 4 is 22.6 Å². The zero-order chi connectivity index (χ0) is 36.6. The second kappa shape index (κ2) is 12.0. The number of anilines is 3. The van der Waals surface area contributed by atoms with Crippen LogP contribution in [0.1, 0.15) is 54.2 Å². The second-order valence-corrected chi connectivity index (χ2v) is 15.2. The van der Waals surface area contributed by atoms with E-state index in [1.807, 2.05) is 6.08 Å². The maximum absolute atomic E-state index is 4.27. The average Bonchev–Trinajstić information content (AvgIpc) is 3.77. The maximum Gasteiger partial charge on any atom is 0.0726 e. The molecular weight excluding hydrogens is 651 g/mol. The normalized spacial score (nSPS) is 18.3. The molecule has 0 saturated heterocycles. The minimum Gasteiger partial charge on any atom is -0.310 e. The summed E-state index contributed by atoms with van der Waals surface area (Å²) >= 11 is 0. The lowest BCUT2D eigenvalue weighted by atomic mass is 9.69. The number of allylic oxidation sites excluding steroid dienone is 5. The van der Waals surface area contributed by atoms with Crippen LogP contribution in [0, 0.1) is 0 Å². The van der Waals surface area contributed by atoms with Gasteiger partial charge in [-0.2, -0.15) is 0 Å². The highest BCUT2D eigenvalue weighted by atomic mass is 15.1. The van der Waals surface area contributed by atoms with Crippen LogP contribution in [-0.4, -0.2) is 0 Å². The fourth-order valence-corrected chi connectivity index (χ4v) is 10.1. The van der Waals surface area contributed by atoms with Gasteiger partial charge in [-0.15, -0.1) is 0 Å². The van der Waals surface area contributed by atoms with E-state index in [-0.39, 0.29) is 5.41 Å². The lowest BCUT2D eigenvalue weighted by Crippen LogP contribution is -2.27. The standard InChI is InChI=1S/C53H41N/c1-5-19-44-39(6-2)40-24-13-17-28-45(40)53(44)46-29-18-15-26-42(46)49-47(53)34-48(51-50(49)41-25-14-16-27-43(41)52(51,3)4)54(37-22-11-8-12-23-37)38-32-30-36(31-33-38)35-20-9-7-10-21-35/h5-34H,1H2,2-4H3/b39-6-,44-19?. The summed E-state index contributed by atoms with van der Waals surface area (Å²) in [6.07, 6.45) is 6.54. The Balaban J connectivity index is 1.36. The fourth-order valence-electron chi connectivity index (χ4n) is 10.1. The van der Waals surface area contributed by atoms with E-state index >= 15 is 0 Å². The Morgan fingerprint density at radius 2 is 1.04 bits per heavy atom. The summed E-state index contributed by atoms with van der Waals surface area (Å²) < 4.78 is 0. The molecule has 0 bridgehead atoms. The van der Waals surface area contributed by atoms with Crippen molar-refractivity contribution in [2.75, 3.05) is 4.90 Å². The van der Waals surface area contributed by atoms with E-state index in [2.05, 4.69) is 208 Å². The number of fused-ring (bicyclic) bond motifs is 11. The SMILES string of the molecule is C=CC=C1/C(=C\C)c2ccccc2C12c1ccccc1-c1c2cc(N(c2ccccc2)c2ccc(-c3ccccc3)cc2)c2c1-c1ccccc1C2(C)C. The summed E-state index contributed by atoms with van der Waals surface area (Å²) in [6.45, 7) is 11.3. The molecule has 1 heteroatoms. The van der Waals surface area contributed by atoms with E-state index < -0.39 is 5.41 Å². The van der Waals surface area contributed by atoms with Crippen molar-refractivity contribution in [2.24, 2.45) is 0 Å². The Kier molecular flexibility index (Phi) is 7.19. The summed E-state index contributed by atoms with van der Waals surface area (Å²) in [5, 5.41) is 0. The molecule has 258 valence electrons. The van der Waals surface area contributed by atoms with Crippen LogP contribution >= 0.6 is 0 Å². The number of hydrogen-bond donors (Lipinski definition) is 0. The molecule has 0 aliphatic heterocycles. The average molecular weight is 692 g/mol. The Labute approximate surface area is 318 Å². The van der Waals surface area contributed by atoms with Crippen molar-refractivity contribution in [3.63, 3.8) is 0 Å². The summed E-state index contributed by atoms with van der Waals surface area (Å²) in [6, 6.07) is 60.6. The topological polar surface area (TPSA) is 3.24 Å². The number of rotatable bonds is 5.